The molecule has 0 amide bonds. The lowest BCUT2D eigenvalue weighted by Crippen LogP contribution is -2.05. The Bertz CT molecular complexity index is 1490. The summed E-state index contributed by atoms with van der Waals surface area (Å²) in [4.78, 5) is 0. The third kappa shape index (κ3) is 6.37. The molecule has 3 heteroatoms. The van der Waals surface area contributed by atoms with Gasteiger partial charge in [-0.05, 0) is 74.9 Å². The van der Waals surface area contributed by atoms with Crippen LogP contribution in [-0.2, 0) is 19.3 Å². The van der Waals surface area contributed by atoms with Crippen LogP contribution in [0.4, 0.5) is 0 Å². The highest BCUT2D eigenvalue weighted by Gasteiger charge is 2.21. The van der Waals surface area contributed by atoms with Gasteiger partial charge in [0, 0.05) is 5.27 Å². The molecule has 5 aromatic rings. The predicted molar refractivity (Wildman–Crippen MR) is 163 cm³/mol. The molecule has 0 fully saturated rings. The lowest BCUT2D eigenvalue weighted by Gasteiger charge is -2.17. The van der Waals surface area contributed by atoms with Crippen molar-refractivity contribution in [3.8, 4) is 11.1 Å². The van der Waals surface area contributed by atoms with Crippen LogP contribution in [0.3, 0.4) is 0 Å². The SMILES string of the molecule is C1=Cc2cccc3cccc(c23)C1.CCCCC(CC)Cc1cccc2c1Cc1ccccc1-2.c1conn1. The van der Waals surface area contributed by atoms with Gasteiger partial charge in [0.25, 0.3) is 0 Å². The quantitative estimate of drug-likeness (QED) is 0.222. The van der Waals surface area contributed by atoms with Crippen molar-refractivity contribution in [2.24, 2.45) is 5.92 Å². The van der Waals surface area contributed by atoms with Gasteiger partial charge in [-0.25, -0.2) is 0 Å². The third-order valence-corrected chi connectivity index (χ3v) is 7.94. The summed E-state index contributed by atoms with van der Waals surface area (Å²) in [6, 6.07) is 28.8. The van der Waals surface area contributed by atoms with Crippen LogP contribution in [0.25, 0.3) is 28.0 Å². The van der Waals surface area contributed by atoms with E-state index in [1.54, 1.807) is 11.1 Å². The van der Waals surface area contributed by atoms with Gasteiger partial charge in [-0.15, -0.1) is 5.10 Å². The molecular formula is C36H38N2O. The van der Waals surface area contributed by atoms with Crippen LogP contribution in [0.5, 0.6) is 0 Å². The number of rotatable bonds is 6. The predicted octanol–water partition coefficient (Wildman–Crippen LogP) is 9.50. The molecule has 198 valence electrons. The van der Waals surface area contributed by atoms with Gasteiger partial charge in [-0.3, -0.25) is 0 Å². The van der Waals surface area contributed by atoms with Gasteiger partial charge in [0.15, 0.2) is 0 Å². The van der Waals surface area contributed by atoms with Crippen LogP contribution in [0.1, 0.15) is 67.3 Å². The van der Waals surface area contributed by atoms with E-state index in [1.165, 1.54) is 83.2 Å². The summed E-state index contributed by atoms with van der Waals surface area (Å²) in [5.41, 5.74) is 10.4. The van der Waals surface area contributed by atoms with Crippen LogP contribution in [-0.4, -0.2) is 10.4 Å². The largest absolute Gasteiger partial charge is 0.346 e. The van der Waals surface area contributed by atoms with Crippen molar-refractivity contribution < 1.29 is 4.52 Å². The first kappa shape index (κ1) is 26.6. The molecule has 2 aliphatic carbocycles. The van der Waals surface area contributed by atoms with Gasteiger partial charge < -0.3 is 4.52 Å². The Morgan fingerprint density at radius 3 is 2.41 bits per heavy atom. The number of nitrogens with zero attached hydrogens (tertiary/aromatic N) is 2. The van der Waals surface area contributed by atoms with E-state index in [0.717, 1.165) is 18.8 Å². The molecule has 0 radical (unpaired) electrons. The highest BCUT2D eigenvalue weighted by Crippen LogP contribution is 2.39. The first-order valence-electron chi connectivity index (χ1n) is 14.4. The van der Waals surface area contributed by atoms with E-state index in [-0.39, 0.29) is 0 Å². The number of allylic oxidation sites excluding steroid dienone is 1. The van der Waals surface area contributed by atoms with Crippen molar-refractivity contribution >= 4 is 16.8 Å². The Labute approximate surface area is 232 Å². The summed E-state index contributed by atoms with van der Waals surface area (Å²) in [5, 5.41) is 9.20. The van der Waals surface area contributed by atoms with Gasteiger partial charge in [-0.1, -0.05) is 131 Å². The molecule has 4 aromatic carbocycles. The van der Waals surface area contributed by atoms with Crippen LogP contribution in [0.15, 0.2) is 102 Å². The number of aromatic nitrogens is 2. The summed E-state index contributed by atoms with van der Waals surface area (Å²) in [7, 11) is 0. The maximum absolute atomic E-state index is 4.22. The molecule has 1 aromatic heterocycles. The minimum atomic E-state index is 0.847. The Hall–Kier alpha value is -3.98. The third-order valence-electron chi connectivity index (χ3n) is 7.94. The minimum Gasteiger partial charge on any atom is -0.346 e. The Morgan fingerprint density at radius 2 is 1.64 bits per heavy atom. The molecule has 0 saturated heterocycles. The normalized spacial score (nSPS) is 13.0. The van der Waals surface area contributed by atoms with Gasteiger partial charge in [0.2, 0.25) is 0 Å². The first-order chi connectivity index (χ1) is 19.3. The molecule has 1 heterocycles. The molecule has 1 atom stereocenters. The number of benzene rings is 4. The van der Waals surface area contributed by atoms with E-state index in [2.05, 4.69) is 120 Å². The maximum atomic E-state index is 4.22. The molecule has 0 aliphatic heterocycles. The Balaban J connectivity index is 0.000000143. The fourth-order valence-corrected chi connectivity index (χ4v) is 5.88. The molecular weight excluding hydrogens is 476 g/mol. The Morgan fingerprint density at radius 1 is 0.846 bits per heavy atom. The molecule has 39 heavy (non-hydrogen) atoms. The standard InChI is InChI=1S/C21H26.C13H10.C2H2N2O/c1-3-5-9-16(4-2)14-17-11-8-13-20-19-12-7-6-10-18(19)15-21(17)20;1-4-10-6-2-8-12-9-3-7-11(5-1)13(10)12;1-2-5-4-3-1/h6-8,10-13,16H,3-5,9,14-15H2,1-2H3;1-8H,9H2;1-2H. The molecule has 1 unspecified atom stereocenters. The minimum absolute atomic E-state index is 0.847. The molecule has 3 nitrogen and oxygen atoms in total. The maximum Gasteiger partial charge on any atom is 0.144 e. The topological polar surface area (TPSA) is 38.9 Å². The lowest BCUT2D eigenvalue weighted by molar-refractivity contribution is 0.393. The summed E-state index contributed by atoms with van der Waals surface area (Å²) in [5.74, 6) is 0.847. The zero-order valence-electron chi connectivity index (χ0n) is 23.1. The van der Waals surface area contributed by atoms with Crippen LogP contribution in [0.2, 0.25) is 0 Å². The van der Waals surface area contributed by atoms with Crippen molar-refractivity contribution in [1.82, 2.24) is 10.4 Å². The van der Waals surface area contributed by atoms with Crippen molar-refractivity contribution in [3.05, 3.63) is 125 Å². The van der Waals surface area contributed by atoms with Crippen LogP contribution >= 0.6 is 0 Å². The second kappa shape index (κ2) is 13.2. The van der Waals surface area contributed by atoms with E-state index in [9.17, 15) is 0 Å². The van der Waals surface area contributed by atoms with Gasteiger partial charge in [-0.2, -0.15) is 0 Å². The molecule has 2 aliphatic rings. The fourth-order valence-electron chi connectivity index (χ4n) is 5.88. The summed E-state index contributed by atoms with van der Waals surface area (Å²) < 4.78 is 4.22. The van der Waals surface area contributed by atoms with Gasteiger partial charge in [0.05, 0.1) is 6.20 Å². The van der Waals surface area contributed by atoms with Crippen molar-refractivity contribution in [1.29, 1.82) is 0 Å². The molecule has 0 N–H and O–H groups in total. The van der Waals surface area contributed by atoms with Crippen LogP contribution in [0, 0.1) is 5.92 Å². The number of unbranched alkanes of at least 4 members (excludes halogenated alkanes) is 1. The van der Waals surface area contributed by atoms with E-state index in [0.29, 0.717) is 0 Å². The number of hydrogen-bond acceptors (Lipinski definition) is 3. The monoisotopic (exact) mass is 514 g/mol. The highest BCUT2D eigenvalue weighted by molar-refractivity contribution is 5.94. The van der Waals surface area contributed by atoms with E-state index in [4.69, 9.17) is 0 Å². The first-order valence-corrected chi connectivity index (χ1v) is 14.4. The molecule has 0 saturated carbocycles. The summed E-state index contributed by atoms with van der Waals surface area (Å²) in [6.45, 7) is 4.64. The van der Waals surface area contributed by atoms with Crippen molar-refractivity contribution in [2.45, 2.75) is 58.8 Å². The molecule has 0 bridgehead atoms. The smallest absolute Gasteiger partial charge is 0.144 e. The lowest BCUT2D eigenvalue weighted by atomic mass is 9.88. The molecule has 7 rings (SSSR count). The Kier molecular flexibility index (Phi) is 9.01. The zero-order chi connectivity index (χ0) is 26.9. The molecule has 0 spiro atoms. The number of fused-ring (bicyclic) bond motifs is 3. The zero-order valence-corrected chi connectivity index (χ0v) is 23.1. The summed E-state index contributed by atoms with van der Waals surface area (Å²) in [6.07, 6.45) is 16.2. The van der Waals surface area contributed by atoms with E-state index in [1.807, 2.05) is 0 Å². The average Bonchev–Trinajstić information content (AvgIpc) is 3.69. The number of hydrogen-bond donors (Lipinski definition) is 0. The second-order valence-corrected chi connectivity index (χ2v) is 10.5. The van der Waals surface area contributed by atoms with E-state index < -0.39 is 0 Å². The van der Waals surface area contributed by atoms with Gasteiger partial charge in [0.1, 0.15) is 6.26 Å². The van der Waals surface area contributed by atoms with Crippen LogP contribution < -0.4 is 0 Å². The van der Waals surface area contributed by atoms with Gasteiger partial charge >= 0.3 is 0 Å². The highest BCUT2D eigenvalue weighted by atomic mass is 16.5. The average molecular weight is 515 g/mol. The second-order valence-electron chi connectivity index (χ2n) is 10.5. The fraction of sp³-hybridized carbons (Fsp3) is 0.278. The van der Waals surface area contributed by atoms with Crippen molar-refractivity contribution in [3.63, 3.8) is 0 Å². The summed E-state index contributed by atoms with van der Waals surface area (Å²) >= 11 is 0. The van der Waals surface area contributed by atoms with Crippen molar-refractivity contribution in [2.75, 3.05) is 0 Å². The van der Waals surface area contributed by atoms with E-state index >= 15 is 0 Å².